The van der Waals surface area contributed by atoms with E-state index in [0.717, 1.165) is 43.3 Å². The monoisotopic (exact) mass is 565 g/mol. The molecule has 4 rings (SSSR count). The molecule has 7 heteroatoms. The maximum atomic E-state index is 11.8. The van der Waals surface area contributed by atoms with Gasteiger partial charge in [-0.1, -0.05) is 73.2 Å². The number of esters is 1. The number of thioether (sulfide) groups is 1. The second kappa shape index (κ2) is 16.1. The van der Waals surface area contributed by atoms with Crippen LogP contribution < -0.4 is 0 Å². The number of hydrogen-bond acceptors (Lipinski definition) is 7. The minimum Gasteiger partial charge on any atom is -0.454 e. The number of carbonyl (C=O) groups is 2. The lowest BCUT2D eigenvalue weighted by Gasteiger charge is -2.38. The van der Waals surface area contributed by atoms with Crippen molar-refractivity contribution in [3.8, 4) is 11.1 Å². The number of aliphatic hydroxyl groups is 1. The Morgan fingerprint density at radius 2 is 1.68 bits per heavy atom. The fourth-order valence-electron chi connectivity index (χ4n) is 5.94. The Hall–Kier alpha value is -2.45. The summed E-state index contributed by atoms with van der Waals surface area (Å²) in [7, 11) is 0. The second-order valence-corrected chi connectivity index (χ2v) is 11.9. The molecule has 6 nitrogen and oxygen atoms in total. The lowest BCUT2D eigenvalue weighted by atomic mass is 9.92. The van der Waals surface area contributed by atoms with Gasteiger partial charge in [0.15, 0.2) is 5.12 Å². The summed E-state index contributed by atoms with van der Waals surface area (Å²) in [5.74, 6) is 0.0564. The Kier molecular flexibility index (Phi) is 12.3. The SMILES string of the molecule is CC(=O)SCOC(=O)CCC=CCCC1[C@@H](OCc2ccc(-c3ccccc3)cc2)C[C@@H](O)[C@@H]1N1CCCCC1. The molecule has 0 spiro atoms. The molecule has 0 bridgehead atoms. The Balaban J connectivity index is 1.30. The van der Waals surface area contributed by atoms with Gasteiger partial charge >= 0.3 is 5.97 Å². The van der Waals surface area contributed by atoms with E-state index in [9.17, 15) is 14.7 Å². The highest BCUT2D eigenvalue weighted by atomic mass is 32.2. The number of aliphatic hydroxyl groups excluding tert-OH is 1. The normalized spacial score (nSPS) is 23.4. The molecular formula is C33H43NO5S. The molecule has 2 aromatic carbocycles. The van der Waals surface area contributed by atoms with Crippen LogP contribution in [0.25, 0.3) is 11.1 Å². The van der Waals surface area contributed by atoms with Crippen molar-refractivity contribution < 1.29 is 24.2 Å². The van der Waals surface area contributed by atoms with Crippen molar-refractivity contribution in [1.29, 1.82) is 0 Å². The van der Waals surface area contributed by atoms with Crippen LogP contribution in [0.1, 0.15) is 63.9 Å². The maximum Gasteiger partial charge on any atom is 0.306 e. The molecule has 1 saturated heterocycles. The Morgan fingerprint density at radius 3 is 2.40 bits per heavy atom. The van der Waals surface area contributed by atoms with Crippen LogP contribution >= 0.6 is 11.8 Å². The van der Waals surface area contributed by atoms with Crippen LogP contribution in [-0.2, 0) is 25.7 Å². The standard InChI is InChI=1S/C33H43NO5S/c1-25(35)40-24-39-32(37)15-9-3-2-8-14-29-31(22-30(36)33(29)34-20-10-5-11-21-34)38-23-26-16-18-28(19-17-26)27-12-6-4-7-13-27/h2-4,6-7,12-13,16-19,29-31,33,36H,5,8-11,14-15,20-24H2,1H3/t29?,30-,31+,33-/m1/s1. The van der Waals surface area contributed by atoms with Crippen LogP contribution in [0.5, 0.6) is 0 Å². The minimum absolute atomic E-state index is 0.0119. The van der Waals surface area contributed by atoms with Crippen LogP contribution in [0, 0.1) is 5.92 Å². The zero-order valence-corrected chi connectivity index (χ0v) is 24.4. The summed E-state index contributed by atoms with van der Waals surface area (Å²) < 4.78 is 11.6. The van der Waals surface area contributed by atoms with Crippen LogP contribution in [0.4, 0.5) is 0 Å². The number of hydrogen-bond donors (Lipinski definition) is 1. The van der Waals surface area contributed by atoms with E-state index >= 15 is 0 Å². The van der Waals surface area contributed by atoms with Crippen LogP contribution in [0.2, 0.25) is 0 Å². The summed E-state index contributed by atoms with van der Waals surface area (Å²) in [5.41, 5.74) is 3.54. The first-order valence-electron chi connectivity index (χ1n) is 14.6. The molecule has 1 aliphatic carbocycles. The topological polar surface area (TPSA) is 76.1 Å². The first kappa shape index (κ1) is 30.5. The number of carbonyl (C=O) groups excluding carboxylic acids is 2. The summed E-state index contributed by atoms with van der Waals surface area (Å²) >= 11 is 0.999. The van der Waals surface area contributed by atoms with E-state index in [0.29, 0.717) is 25.9 Å². The van der Waals surface area contributed by atoms with E-state index in [2.05, 4.69) is 59.5 Å². The number of likely N-dealkylation sites (tertiary alicyclic amines) is 1. The number of rotatable bonds is 13. The Bertz CT molecular complexity index is 1080. The number of piperidine rings is 1. The van der Waals surface area contributed by atoms with Gasteiger partial charge < -0.3 is 14.6 Å². The van der Waals surface area contributed by atoms with Crippen molar-refractivity contribution >= 4 is 22.8 Å². The van der Waals surface area contributed by atoms with Gasteiger partial charge in [0.05, 0.1) is 18.8 Å². The Labute approximate surface area is 243 Å². The molecule has 216 valence electrons. The molecule has 1 saturated carbocycles. The summed E-state index contributed by atoms with van der Waals surface area (Å²) in [6, 6.07) is 19.1. The van der Waals surface area contributed by atoms with Gasteiger partial charge in [0, 0.05) is 31.7 Å². The number of ether oxygens (including phenoxy) is 2. The molecule has 0 radical (unpaired) electrons. The predicted octanol–water partition coefficient (Wildman–Crippen LogP) is 6.37. The molecule has 2 fully saturated rings. The van der Waals surface area contributed by atoms with Gasteiger partial charge in [-0.25, -0.2) is 0 Å². The molecule has 4 atom stereocenters. The summed E-state index contributed by atoms with van der Waals surface area (Å²) in [6.45, 7) is 4.09. The van der Waals surface area contributed by atoms with Gasteiger partial charge in [0.1, 0.15) is 5.94 Å². The number of allylic oxidation sites excluding steroid dienone is 2. The van der Waals surface area contributed by atoms with Gasteiger partial charge in [0.25, 0.3) is 0 Å². The Morgan fingerprint density at radius 1 is 0.975 bits per heavy atom. The van der Waals surface area contributed by atoms with E-state index in [1.165, 1.54) is 37.3 Å². The average Bonchev–Trinajstić information content (AvgIpc) is 3.29. The van der Waals surface area contributed by atoms with E-state index in [1.807, 2.05) is 12.1 Å². The summed E-state index contributed by atoms with van der Waals surface area (Å²) in [5, 5.41) is 11.1. The quantitative estimate of drug-likeness (QED) is 0.172. The third-order valence-corrected chi connectivity index (χ3v) is 8.59. The molecule has 0 amide bonds. The predicted molar refractivity (Wildman–Crippen MR) is 161 cm³/mol. The molecule has 0 aromatic heterocycles. The number of nitrogens with zero attached hydrogens (tertiary/aromatic N) is 1. The minimum atomic E-state index is -0.375. The van der Waals surface area contributed by atoms with Crippen molar-refractivity contribution in [1.82, 2.24) is 4.90 Å². The zero-order valence-electron chi connectivity index (χ0n) is 23.6. The van der Waals surface area contributed by atoms with Crippen LogP contribution in [0.3, 0.4) is 0 Å². The zero-order chi connectivity index (χ0) is 28.2. The van der Waals surface area contributed by atoms with E-state index in [-0.39, 0.29) is 41.2 Å². The van der Waals surface area contributed by atoms with Gasteiger partial charge in [-0.3, -0.25) is 14.5 Å². The maximum absolute atomic E-state index is 11.8. The third-order valence-electron chi connectivity index (χ3n) is 7.95. The van der Waals surface area contributed by atoms with E-state index < -0.39 is 0 Å². The third kappa shape index (κ3) is 9.30. The molecule has 1 heterocycles. The fraction of sp³-hybridized carbons (Fsp3) is 0.515. The second-order valence-electron chi connectivity index (χ2n) is 10.8. The molecule has 1 unspecified atom stereocenters. The molecule has 2 aromatic rings. The van der Waals surface area contributed by atoms with E-state index in [4.69, 9.17) is 9.47 Å². The molecule has 1 aliphatic heterocycles. The van der Waals surface area contributed by atoms with Crippen molar-refractivity contribution in [2.75, 3.05) is 19.0 Å². The van der Waals surface area contributed by atoms with Crippen LogP contribution in [-0.4, -0.2) is 58.4 Å². The highest BCUT2D eigenvalue weighted by Gasteiger charge is 2.45. The first-order valence-corrected chi connectivity index (χ1v) is 15.6. The highest BCUT2D eigenvalue weighted by Crippen LogP contribution is 2.38. The highest BCUT2D eigenvalue weighted by molar-refractivity contribution is 8.13. The van der Waals surface area contributed by atoms with Crippen molar-refractivity contribution in [2.24, 2.45) is 5.92 Å². The fourth-order valence-corrected chi connectivity index (χ4v) is 6.30. The lowest BCUT2D eigenvalue weighted by Crippen LogP contribution is -2.47. The van der Waals surface area contributed by atoms with Crippen molar-refractivity contribution in [2.45, 2.75) is 83.1 Å². The van der Waals surface area contributed by atoms with Gasteiger partial charge in [0.2, 0.25) is 0 Å². The van der Waals surface area contributed by atoms with E-state index in [1.54, 1.807) is 0 Å². The largest absolute Gasteiger partial charge is 0.454 e. The van der Waals surface area contributed by atoms with Crippen LogP contribution in [0.15, 0.2) is 66.7 Å². The molecule has 40 heavy (non-hydrogen) atoms. The lowest BCUT2D eigenvalue weighted by molar-refractivity contribution is -0.141. The average molecular weight is 566 g/mol. The summed E-state index contributed by atoms with van der Waals surface area (Å²) in [4.78, 5) is 25.2. The van der Waals surface area contributed by atoms with Gasteiger partial charge in [-0.05, 0) is 73.6 Å². The first-order chi connectivity index (χ1) is 19.5. The van der Waals surface area contributed by atoms with Gasteiger partial charge in [-0.15, -0.1) is 0 Å². The van der Waals surface area contributed by atoms with Crippen molar-refractivity contribution in [3.63, 3.8) is 0 Å². The van der Waals surface area contributed by atoms with Crippen molar-refractivity contribution in [3.05, 3.63) is 72.3 Å². The molecular weight excluding hydrogens is 522 g/mol. The smallest absolute Gasteiger partial charge is 0.306 e. The molecule has 2 aliphatic rings. The summed E-state index contributed by atoms with van der Waals surface area (Å²) in [6.07, 6.45) is 10.9. The van der Waals surface area contributed by atoms with Gasteiger partial charge in [-0.2, -0.15) is 0 Å². The number of benzene rings is 2. The molecule has 1 N–H and O–H groups in total.